The molecule has 2 rings (SSSR count). The van der Waals surface area contributed by atoms with Crippen molar-refractivity contribution in [2.45, 2.75) is 11.3 Å². The van der Waals surface area contributed by atoms with Crippen LogP contribution in [0.25, 0.3) is 0 Å². The number of aliphatic hydroxyl groups is 1. The van der Waals surface area contributed by atoms with Crippen LogP contribution in [0.1, 0.15) is 0 Å². The van der Waals surface area contributed by atoms with E-state index in [2.05, 4.69) is 9.97 Å². The molecule has 0 radical (unpaired) electrons. The van der Waals surface area contributed by atoms with Crippen LogP contribution in [0.3, 0.4) is 0 Å². The average molecular weight is 277 g/mol. The van der Waals surface area contributed by atoms with Gasteiger partial charge in [-0.05, 0) is 18.2 Å². The Morgan fingerprint density at radius 3 is 2.79 bits per heavy atom. The first kappa shape index (κ1) is 13.6. The van der Waals surface area contributed by atoms with Crippen LogP contribution in [-0.2, 0) is 0 Å². The van der Waals surface area contributed by atoms with Gasteiger partial charge in [0.15, 0.2) is 5.16 Å². The number of nitrogens with zero attached hydrogens (tertiary/aromatic N) is 2. The largest absolute Gasteiger partial charge is 0.491 e. The van der Waals surface area contributed by atoms with Gasteiger partial charge < -0.3 is 15.6 Å². The molecule has 0 aliphatic heterocycles. The highest BCUT2D eigenvalue weighted by Gasteiger charge is 2.07. The highest BCUT2D eigenvalue weighted by Crippen LogP contribution is 2.16. The van der Waals surface area contributed by atoms with Crippen molar-refractivity contribution in [1.29, 1.82) is 0 Å². The molecule has 19 heavy (non-hydrogen) atoms. The van der Waals surface area contributed by atoms with Gasteiger partial charge in [0.2, 0.25) is 0 Å². The van der Waals surface area contributed by atoms with E-state index in [1.54, 1.807) is 36.7 Å². The quantitative estimate of drug-likeness (QED) is 0.474. The summed E-state index contributed by atoms with van der Waals surface area (Å²) in [5, 5.41) is 10.5. The lowest BCUT2D eigenvalue weighted by atomic mass is 10.3. The van der Waals surface area contributed by atoms with Crippen molar-refractivity contribution in [1.82, 2.24) is 9.97 Å². The molecule has 0 saturated carbocycles. The zero-order valence-corrected chi connectivity index (χ0v) is 11.1. The van der Waals surface area contributed by atoms with Crippen molar-refractivity contribution < 1.29 is 9.84 Å². The predicted molar refractivity (Wildman–Crippen MR) is 75.1 cm³/mol. The molecule has 1 unspecified atom stereocenters. The number of aromatic nitrogens is 2. The van der Waals surface area contributed by atoms with Crippen LogP contribution in [0.5, 0.6) is 5.75 Å². The molecule has 3 N–H and O–H groups in total. The summed E-state index contributed by atoms with van der Waals surface area (Å²) in [6, 6.07) is 8.87. The topological polar surface area (TPSA) is 81.3 Å². The molecule has 1 aromatic carbocycles. The smallest absolute Gasteiger partial charge is 0.187 e. The summed E-state index contributed by atoms with van der Waals surface area (Å²) in [4.78, 5) is 8.13. The van der Waals surface area contributed by atoms with E-state index >= 15 is 0 Å². The number of benzene rings is 1. The van der Waals surface area contributed by atoms with E-state index in [-0.39, 0.29) is 6.61 Å². The summed E-state index contributed by atoms with van der Waals surface area (Å²) in [6.07, 6.45) is 2.76. The van der Waals surface area contributed by atoms with Gasteiger partial charge in [0, 0.05) is 29.9 Å². The maximum absolute atomic E-state index is 9.81. The molecule has 100 valence electrons. The summed E-state index contributed by atoms with van der Waals surface area (Å²) in [5.74, 6) is 1.13. The molecule has 0 saturated heterocycles. The Balaban J connectivity index is 1.74. The van der Waals surface area contributed by atoms with Crippen molar-refractivity contribution in [3.05, 3.63) is 42.7 Å². The van der Waals surface area contributed by atoms with Gasteiger partial charge in [0.1, 0.15) is 12.4 Å². The van der Waals surface area contributed by atoms with Crippen LogP contribution >= 0.6 is 11.8 Å². The van der Waals surface area contributed by atoms with Crippen molar-refractivity contribution in [3.63, 3.8) is 0 Å². The van der Waals surface area contributed by atoms with Gasteiger partial charge in [-0.3, -0.25) is 0 Å². The maximum Gasteiger partial charge on any atom is 0.187 e. The van der Waals surface area contributed by atoms with Crippen molar-refractivity contribution >= 4 is 17.4 Å². The van der Waals surface area contributed by atoms with E-state index in [1.807, 2.05) is 6.07 Å². The van der Waals surface area contributed by atoms with Crippen LogP contribution < -0.4 is 10.5 Å². The molecule has 1 heterocycles. The molecular formula is C13H15N3O2S. The van der Waals surface area contributed by atoms with Gasteiger partial charge in [-0.2, -0.15) is 0 Å². The van der Waals surface area contributed by atoms with E-state index in [1.165, 1.54) is 11.8 Å². The molecule has 0 bridgehead atoms. The van der Waals surface area contributed by atoms with E-state index in [9.17, 15) is 5.11 Å². The Labute approximate surface area is 115 Å². The van der Waals surface area contributed by atoms with E-state index in [0.717, 1.165) is 0 Å². The molecule has 2 aromatic rings. The third kappa shape index (κ3) is 4.76. The summed E-state index contributed by atoms with van der Waals surface area (Å²) in [6.45, 7) is 0.212. The number of aliphatic hydroxyl groups excluding tert-OH is 1. The first-order valence-electron chi connectivity index (χ1n) is 5.80. The minimum Gasteiger partial charge on any atom is -0.491 e. The first-order valence-corrected chi connectivity index (χ1v) is 6.79. The molecule has 0 amide bonds. The van der Waals surface area contributed by atoms with Crippen LogP contribution in [0.15, 0.2) is 47.9 Å². The number of thioether (sulfide) groups is 1. The third-order valence-electron chi connectivity index (χ3n) is 2.25. The standard InChI is InChI=1S/C13H15N3O2S/c14-10-3-1-4-12(7-10)18-8-11(17)9-19-13-15-5-2-6-16-13/h1-7,11,17H,8-9,14H2. The average Bonchev–Trinajstić information content (AvgIpc) is 2.44. The monoisotopic (exact) mass is 277 g/mol. The Bertz CT molecular complexity index is 510. The van der Waals surface area contributed by atoms with Gasteiger partial charge in [-0.25, -0.2) is 9.97 Å². The van der Waals surface area contributed by atoms with Crippen molar-refractivity contribution in [2.75, 3.05) is 18.1 Å². The van der Waals surface area contributed by atoms with E-state index in [4.69, 9.17) is 10.5 Å². The number of rotatable bonds is 6. The van der Waals surface area contributed by atoms with Gasteiger partial charge >= 0.3 is 0 Å². The minimum atomic E-state index is -0.588. The Morgan fingerprint density at radius 2 is 2.05 bits per heavy atom. The zero-order valence-electron chi connectivity index (χ0n) is 10.3. The van der Waals surface area contributed by atoms with Gasteiger partial charge in [0.25, 0.3) is 0 Å². The third-order valence-corrected chi connectivity index (χ3v) is 3.27. The molecule has 6 heteroatoms. The van der Waals surface area contributed by atoms with Gasteiger partial charge in [0.05, 0.1) is 6.10 Å². The molecule has 0 fully saturated rings. The van der Waals surface area contributed by atoms with Crippen LogP contribution in [-0.4, -0.2) is 33.5 Å². The lowest BCUT2D eigenvalue weighted by Gasteiger charge is -2.11. The number of hydrogen-bond acceptors (Lipinski definition) is 6. The van der Waals surface area contributed by atoms with Crippen LogP contribution in [0.2, 0.25) is 0 Å². The molecule has 1 atom stereocenters. The summed E-state index contributed by atoms with van der Waals surface area (Å²) >= 11 is 1.39. The fourth-order valence-electron chi connectivity index (χ4n) is 1.38. The lowest BCUT2D eigenvalue weighted by Crippen LogP contribution is -2.20. The normalized spacial score (nSPS) is 12.1. The van der Waals surface area contributed by atoms with Crippen molar-refractivity contribution in [2.24, 2.45) is 0 Å². The van der Waals surface area contributed by atoms with Crippen LogP contribution in [0.4, 0.5) is 5.69 Å². The first-order chi connectivity index (χ1) is 9.24. The summed E-state index contributed by atoms with van der Waals surface area (Å²) in [7, 11) is 0. The highest BCUT2D eigenvalue weighted by molar-refractivity contribution is 7.99. The molecular weight excluding hydrogens is 262 g/mol. The molecule has 0 aliphatic rings. The second kappa shape index (κ2) is 6.96. The Morgan fingerprint density at radius 1 is 1.26 bits per heavy atom. The SMILES string of the molecule is Nc1cccc(OCC(O)CSc2ncccn2)c1. The maximum atomic E-state index is 9.81. The zero-order chi connectivity index (χ0) is 13.5. The molecule has 0 spiro atoms. The van der Waals surface area contributed by atoms with E-state index < -0.39 is 6.10 Å². The predicted octanol–water partition coefficient (Wildman–Crippen LogP) is 1.59. The minimum absolute atomic E-state index is 0.212. The number of nitrogen functional groups attached to an aromatic ring is 1. The fourth-order valence-corrected chi connectivity index (χ4v) is 2.08. The van der Waals surface area contributed by atoms with E-state index in [0.29, 0.717) is 22.3 Å². The molecule has 5 nitrogen and oxygen atoms in total. The number of ether oxygens (including phenoxy) is 1. The number of anilines is 1. The molecule has 1 aromatic heterocycles. The van der Waals surface area contributed by atoms with Crippen molar-refractivity contribution in [3.8, 4) is 5.75 Å². The second-order valence-electron chi connectivity index (χ2n) is 3.88. The Hall–Kier alpha value is -1.79. The highest BCUT2D eigenvalue weighted by atomic mass is 32.2. The number of hydrogen-bond donors (Lipinski definition) is 2. The van der Waals surface area contributed by atoms with Gasteiger partial charge in [-0.1, -0.05) is 17.8 Å². The molecule has 0 aliphatic carbocycles. The summed E-state index contributed by atoms with van der Waals surface area (Å²) < 4.78 is 5.45. The van der Waals surface area contributed by atoms with Crippen LogP contribution in [0, 0.1) is 0 Å². The lowest BCUT2D eigenvalue weighted by molar-refractivity contribution is 0.126. The summed E-state index contributed by atoms with van der Waals surface area (Å²) in [5.41, 5.74) is 6.27. The number of nitrogens with two attached hydrogens (primary N) is 1. The fraction of sp³-hybridized carbons (Fsp3) is 0.231. The second-order valence-corrected chi connectivity index (χ2v) is 4.87. The van der Waals surface area contributed by atoms with Gasteiger partial charge in [-0.15, -0.1) is 0 Å². The Kier molecular flexibility index (Phi) is 5.00.